The van der Waals surface area contributed by atoms with Crippen molar-refractivity contribution in [3.05, 3.63) is 11.4 Å². The van der Waals surface area contributed by atoms with E-state index in [-0.39, 0.29) is 5.54 Å². The molecule has 0 aliphatic heterocycles. The largest absolute Gasteiger partial charge is 0.370 e. The summed E-state index contributed by atoms with van der Waals surface area (Å²) in [5, 5.41) is 7.16. The fourth-order valence-electron chi connectivity index (χ4n) is 2.81. The van der Waals surface area contributed by atoms with Crippen molar-refractivity contribution in [2.75, 3.05) is 17.2 Å². The fourth-order valence-corrected chi connectivity index (χ4v) is 2.81. The average molecular weight is 288 g/mol. The summed E-state index contributed by atoms with van der Waals surface area (Å²) >= 11 is 0. The molecule has 0 aromatic carbocycles. The Hall–Kier alpha value is -1.32. The Labute approximate surface area is 128 Å². The summed E-state index contributed by atoms with van der Waals surface area (Å²) in [6, 6.07) is 0. The summed E-state index contributed by atoms with van der Waals surface area (Å²) in [5.41, 5.74) is 1.28. The van der Waals surface area contributed by atoms with Crippen LogP contribution in [-0.2, 0) is 0 Å². The zero-order valence-electron chi connectivity index (χ0n) is 13.8. The molecule has 4 heteroatoms. The van der Waals surface area contributed by atoms with Crippen LogP contribution >= 0.6 is 0 Å². The highest BCUT2D eigenvalue weighted by Gasteiger charge is 2.38. The predicted molar refractivity (Wildman–Crippen MR) is 88.0 cm³/mol. The van der Waals surface area contributed by atoms with Crippen molar-refractivity contribution in [1.82, 2.24) is 9.97 Å². The summed E-state index contributed by atoms with van der Waals surface area (Å²) in [7, 11) is 0. The van der Waals surface area contributed by atoms with Crippen molar-refractivity contribution in [3.63, 3.8) is 0 Å². The van der Waals surface area contributed by atoms with Gasteiger partial charge in [-0.05, 0) is 58.8 Å². The minimum atomic E-state index is 0.127. The smallest absolute Gasteiger partial charge is 0.136 e. The monoisotopic (exact) mass is 288 g/mol. The average Bonchev–Trinajstić information content (AvgIpc) is 3.30. The SMILES string of the molecule is CCCNc1nc(C2CC2)nc(NC(C)(C)C2CC2)c1C. The van der Waals surface area contributed by atoms with Crippen LogP contribution in [0.15, 0.2) is 0 Å². The maximum absolute atomic E-state index is 4.84. The molecule has 1 aromatic heterocycles. The third-order valence-corrected chi connectivity index (χ3v) is 4.69. The van der Waals surface area contributed by atoms with E-state index < -0.39 is 0 Å². The molecule has 0 saturated heterocycles. The van der Waals surface area contributed by atoms with Crippen LogP contribution in [0.5, 0.6) is 0 Å². The zero-order chi connectivity index (χ0) is 15.0. The Morgan fingerprint density at radius 2 is 1.76 bits per heavy atom. The summed E-state index contributed by atoms with van der Waals surface area (Å²) in [5.74, 6) is 4.43. The van der Waals surface area contributed by atoms with Gasteiger partial charge in [0.05, 0.1) is 0 Å². The molecule has 0 radical (unpaired) electrons. The van der Waals surface area contributed by atoms with Crippen LogP contribution < -0.4 is 10.6 Å². The predicted octanol–water partition coefficient (Wildman–Crippen LogP) is 4.08. The van der Waals surface area contributed by atoms with Crippen LogP contribution in [0.3, 0.4) is 0 Å². The van der Waals surface area contributed by atoms with Gasteiger partial charge in [-0.1, -0.05) is 6.92 Å². The van der Waals surface area contributed by atoms with E-state index in [1.807, 2.05) is 0 Å². The van der Waals surface area contributed by atoms with Crippen molar-refractivity contribution in [3.8, 4) is 0 Å². The lowest BCUT2D eigenvalue weighted by Crippen LogP contribution is -2.34. The standard InChI is InChI=1S/C17H28N4/c1-5-10-18-14-11(2)15(20-16(19-14)12-6-7-12)21-17(3,4)13-8-9-13/h12-13H,5-10H2,1-4H3,(H2,18,19,20,21). The maximum Gasteiger partial charge on any atom is 0.136 e. The van der Waals surface area contributed by atoms with Crippen LogP contribution in [0.25, 0.3) is 0 Å². The van der Waals surface area contributed by atoms with Gasteiger partial charge in [0, 0.05) is 23.6 Å². The van der Waals surface area contributed by atoms with E-state index in [4.69, 9.17) is 9.97 Å². The minimum Gasteiger partial charge on any atom is -0.370 e. The number of nitrogens with zero attached hydrogens (tertiary/aromatic N) is 2. The Balaban J connectivity index is 1.87. The molecule has 0 atom stereocenters. The molecule has 1 aromatic rings. The molecule has 2 aliphatic rings. The van der Waals surface area contributed by atoms with Crippen LogP contribution in [0.1, 0.15) is 70.2 Å². The van der Waals surface area contributed by atoms with Gasteiger partial charge in [-0.2, -0.15) is 0 Å². The summed E-state index contributed by atoms with van der Waals surface area (Å²) < 4.78 is 0. The number of hydrogen-bond donors (Lipinski definition) is 2. The highest BCUT2D eigenvalue weighted by Crippen LogP contribution is 2.43. The number of hydrogen-bond acceptors (Lipinski definition) is 4. The number of nitrogens with one attached hydrogen (secondary N) is 2. The van der Waals surface area contributed by atoms with Crippen molar-refractivity contribution in [2.45, 2.75) is 71.3 Å². The number of aromatic nitrogens is 2. The zero-order valence-corrected chi connectivity index (χ0v) is 13.8. The molecule has 0 unspecified atom stereocenters. The molecule has 21 heavy (non-hydrogen) atoms. The van der Waals surface area contributed by atoms with E-state index in [0.717, 1.165) is 41.9 Å². The van der Waals surface area contributed by atoms with Gasteiger partial charge in [-0.15, -0.1) is 0 Å². The van der Waals surface area contributed by atoms with Gasteiger partial charge in [-0.25, -0.2) is 9.97 Å². The second-order valence-corrected chi connectivity index (χ2v) is 7.23. The summed E-state index contributed by atoms with van der Waals surface area (Å²) in [6.45, 7) is 9.86. The van der Waals surface area contributed by atoms with Gasteiger partial charge >= 0.3 is 0 Å². The first-order chi connectivity index (χ1) is 10.0. The minimum absolute atomic E-state index is 0.127. The fraction of sp³-hybridized carbons (Fsp3) is 0.765. The van der Waals surface area contributed by atoms with Gasteiger partial charge < -0.3 is 10.6 Å². The maximum atomic E-state index is 4.84. The molecule has 0 spiro atoms. The molecule has 2 saturated carbocycles. The van der Waals surface area contributed by atoms with E-state index in [0.29, 0.717) is 5.92 Å². The first-order valence-electron chi connectivity index (χ1n) is 8.42. The van der Waals surface area contributed by atoms with Gasteiger partial charge in [0.2, 0.25) is 0 Å². The molecule has 4 nitrogen and oxygen atoms in total. The number of rotatable bonds is 7. The van der Waals surface area contributed by atoms with Gasteiger partial charge in [0.1, 0.15) is 17.5 Å². The molecule has 2 N–H and O–H groups in total. The molecule has 0 amide bonds. The van der Waals surface area contributed by atoms with Crippen LogP contribution in [0.4, 0.5) is 11.6 Å². The normalized spacial score (nSPS) is 18.7. The van der Waals surface area contributed by atoms with Crippen LogP contribution in [-0.4, -0.2) is 22.1 Å². The molecule has 1 heterocycles. The van der Waals surface area contributed by atoms with E-state index >= 15 is 0 Å². The Kier molecular flexibility index (Phi) is 3.80. The van der Waals surface area contributed by atoms with E-state index in [1.54, 1.807) is 0 Å². The first kappa shape index (κ1) is 14.6. The van der Waals surface area contributed by atoms with Crippen molar-refractivity contribution < 1.29 is 0 Å². The van der Waals surface area contributed by atoms with Crippen molar-refractivity contribution in [1.29, 1.82) is 0 Å². The molecule has 2 fully saturated rings. The second kappa shape index (κ2) is 5.47. The van der Waals surface area contributed by atoms with E-state index in [9.17, 15) is 0 Å². The second-order valence-electron chi connectivity index (χ2n) is 7.23. The lowest BCUT2D eigenvalue weighted by Gasteiger charge is -2.28. The molecule has 2 aliphatic carbocycles. The number of anilines is 2. The summed E-state index contributed by atoms with van der Waals surface area (Å²) in [4.78, 5) is 9.60. The van der Waals surface area contributed by atoms with Gasteiger partial charge in [-0.3, -0.25) is 0 Å². The highest BCUT2D eigenvalue weighted by molar-refractivity contribution is 5.58. The van der Waals surface area contributed by atoms with Crippen LogP contribution in [0.2, 0.25) is 0 Å². The lowest BCUT2D eigenvalue weighted by molar-refractivity contribution is 0.491. The molecular formula is C17H28N4. The van der Waals surface area contributed by atoms with Gasteiger partial charge in [0.15, 0.2) is 0 Å². The van der Waals surface area contributed by atoms with E-state index in [1.165, 1.54) is 25.7 Å². The highest BCUT2D eigenvalue weighted by atomic mass is 15.1. The summed E-state index contributed by atoms with van der Waals surface area (Å²) in [6.07, 6.45) is 6.25. The third kappa shape index (κ3) is 3.30. The van der Waals surface area contributed by atoms with Crippen molar-refractivity contribution in [2.24, 2.45) is 5.92 Å². The van der Waals surface area contributed by atoms with Crippen LogP contribution in [0, 0.1) is 12.8 Å². The quantitative estimate of drug-likeness (QED) is 0.793. The lowest BCUT2D eigenvalue weighted by atomic mass is 9.98. The van der Waals surface area contributed by atoms with Crippen molar-refractivity contribution >= 4 is 11.6 Å². The third-order valence-electron chi connectivity index (χ3n) is 4.69. The Morgan fingerprint density at radius 3 is 2.33 bits per heavy atom. The van der Waals surface area contributed by atoms with E-state index in [2.05, 4.69) is 38.3 Å². The molecular weight excluding hydrogens is 260 g/mol. The molecule has 0 bridgehead atoms. The Bertz CT molecular complexity index is 516. The molecule has 3 rings (SSSR count). The van der Waals surface area contributed by atoms with Gasteiger partial charge in [0.25, 0.3) is 0 Å². The first-order valence-corrected chi connectivity index (χ1v) is 8.42. The topological polar surface area (TPSA) is 49.8 Å². The Morgan fingerprint density at radius 1 is 1.10 bits per heavy atom. The molecule has 116 valence electrons.